The van der Waals surface area contributed by atoms with Gasteiger partial charge in [0.1, 0.15) is 0 Å². The first-order valence-corrected chi connectivity index (χ1v) is 6.33. The highest BCUT2D eigenvalue weighted by atomic mass is 16.7. The second-order valence-electron chi connectivity index (χ2n) is 5.27. The average Bonchev–Trinajstić information content (AvgIpc) is 2.76. The number of rotatable bonds is 5. The van der Waals surface area contributed by atoms with Crippen LogP contribution in [0.1, 0.15) is 39.2 Å². The molecule has 1 aromatic carbocycles. The highest BCUT2D eigenvalue weighted by Gasteiger charge is 2.16. The maximum Gasteiger partial charge on any atom is 0.231 e. The van der Waals surface area contributed by atoms with Gasteiger partial charge in [0.15, 0.2) is 11.5 Å². The Labute approximate surface area is 104 Å². The largest absolute Gasteiger partial charge is 0.454 e. The van der Waals surface area contributed by atoms with Gasteiger partial charge in [-0.25, -0.2) is 0 Å². The van der Waals surface area contributed by atoms with Crippen LogP contribution in [0, 0.1) is 11.8 Å². The molecule has 0 aromatic heterocycles. The van der Waals surface area contributed by atoms with Gasteiger partial charge in [-0.05, 0) is 42.4 Å². The fourth-order valence-electron chi connectivity index (χ4n) is 1.87. The first-order chi connectivity index (χ1) is 8.11. The van der Waals surface area contributed by atoms with Crippen LogP contribution in [0.3, 0.4) is 0 Å². The van der Waals surface area contributed by atoms with Crippen molar-refractivity contribution in [3.05, 3.63) is 30.2 Å². The van der Waals surface area contributed by atoms with E-state index >= 15 is 0 Å². The lowest BCUT2D eigenvalue weighted by Gasteiger charge is -2.21. The summed E-state index contributed by atoms with van der Waals surface area (Å²) in [5, 5.41) is 0. The predicted molar refractivity (Wildman–Crippen MR) is 69.3 cm³/mol. The molecular weight excluding hydrogens is 212 g/mol. The summed E-state index contributed by atoms with van der Waals surface area (Å²) in [7, 11) is 0. The fraction of sp³-hybridized carbons (Fsp3) is 0.533. The molecule has 1 aromatic rings. The number of ether oxygens (including phenoxy) is 2. The number of fused-ring (bicyclic) bond motifs is 1. The number of hydrogen-bond acceptors (Lipinski definition) is 2. The smallest absolute Gasteiger partial charge is 0.231 e. The van der Waals surface area contributed by atoms with E-state index in [1.54, 1.807) is 0 Å². The highest BCUT2D eigenvalue weighted by molar-refractivity contribution is 5.44. The third-order valence-electron chi connectivity index (χ3n) is 3.48. The van der Waals surface area contributed by atoms with E-state index in [1.807, 2.05) is 6.07 Å². The summed E-state index contributed by atoms with van der Waals surface area (Å²) in [6.07, 6.45) is 5.78. The Bertz CT molecular complexity index is 383. The van der Waals surface area contributed by atoms with Crippen LogP contribution in [0.2, 0.25) is 0 Å². The van der Waals surface area contributed by atoms with Crippen molar-refractivity contribution in [3.8, 4) is 11.5 Å². The molecule has 0 amide bonds. The third kappa shape index (κ3) is 3.15. The minimum atomic E-state index is 0.344. The van der Waals surface area contributed by atoms with E-state index in [2.05, 4.69) is 39.3 Å². The van der Waals surface area contributed by atoms with E-state index < -0.39 is 0 Å². The summed E-state index contributed by atoms with van der Waals surface area (Å²) >= 11 is 0. The Morgan fingerprint density at radius 1 is 1.24 bits per heavy atom. The minimum absolute atomic E-state index is 0.344. The lowest BCUT2D eigenvalue weighted by molar-refractivity contribution is 0.174. The van der Waals surface area contributed by atoms with Gasteiger partial charge in [-0.2, -0.15) is 0 Å². The normalized spacial score (nSPS) is 14.1. The zero-order valence-corrected chi connectivity index (χ0v) is 11.0. The van der Waals surface area contributed by atoms with Crippen LogP contribution in [0.4, 0.5) is 0 Å². The molecule has 0 N–H and O–H groups in total. The van der Waals surface area contributed by atoms with Crippen molar-refractivity contribution >= 4 is 0 Å². The average molecular weight is 233 g/mol. The predicted octanol–water partition coefficient (Wildman–Crippen LogP) is 3.99. The van der Waals surface area contributed by atoms with E-state index in [-0.39, 0.29) is 0 Å². The van der Waals surface area contributed by atoms with Crippen molar-refractivity contribution in [2.75, 3.05) is 6.79 Å². The third-order valence-corrected chi connectivity index (χ3v) is 3.48. The second-order valence-corrected chi connectivity index (χ2v) is 5.27. The molecule has 1 aliphatic heterocycles. The van der Waals surface area contributed by atoms with Crippen LogP contribution in [-0.4, -0.2) is 6.79 Å². The van der Waals surface area contributed by atoms with E-state index in [9.17, 15) is 0 Å². The summed E-state index contributed by atoms with van der Waals surface area (Å²) < 4.78 is 10.7. The molecule has 1 heterocycles. The van der Waals surface area contributed by atoms with Crippen molar-refractivity contribution in [1.29, 1.82) is 0 Å². The van der Waals surface area contributed by atoms with Crippen LogP contribution in [0.15, 0.2) is 18.2 Å². The molecule has 0 unspecified atom stereocenters. The minimum Gasteiger partial charge on any atom is -0.454 e. The molecule has 0 saturated carbocycles. The van der Waals surface area contributed by atoms with Gasteiger partial charge in [0.05, 0.1) is 0 Å². The van der Waals surface area contributed by atoms with Crippen molar-refractivity contribution in [2.24, 2.45) is 5.41 Å². The molecule has 0 spiro atoms. The van der Waals surface area contributed by atoms with E-state index in [1.165, 1.54) is 12.0 Å². The summed E-state index contributed by atoms with van der Waals surface area (Å²) in [4.78, 5) is 0. The van der Waals surface area contributed by atoms with Crippen LogP contribution in [-0.2, 0) is 6.42 Å². The van der Waals surface area contributed by atoms with E-state index in [0.717, 1.165) is 24.3 Å². The standard InChI is InChI=1S/C15H21O2/c1-4-15(2,3)9-5-6-12-7-8-13-14(10-12)17-11-16-13/h7-10H,4-6,11H2,1-3H3. The van der Waals surface area contributed by atoms with Crippen LogP contribution >= 0.6 is 0 Å². The van der Waals surface area contributed by atoms with Crippen LogP contribution in [0.5, 0.6) is 11.5 Å². The summed E-state index contributed by atoms with van der Waals surface area (Å²) in [5.41, 5.74) is 1.66. The quantitative estimate of drug-likeness (QED) is 0.765. The lowest BCUT2D eigenvalue weighted by atomic mass is 9.84. The van der Waals surface area contributed by atoms with Crippen LogP contribution in [0.25, 0.3) is 0 Å². The highest BCUT2D eigenvalue weighted by Crippen LogP contribution is 2.33. The Balaban J connectivity index is 1.88. The molecule has 1 aliphatic rings. The maximum atomic E-state index is 5.38. The molecule has 93 valence electrons. The molecule has 2 nitrogen and oxygen atoms in total. The monoisotopic (exact) mass is 233 g/mol. The lowest BCUT2D eigenvalue weighted by Crippen LogP contribution is -2.10. The maximum absolute atomic E-state index is 5.38. The van der Waals surface area contributed by atoms with Gasteiger partial charge in [0.2, 0.25) is 6.79 Å². The molecule has 0 atom stereocenters. The topological polar surface area (TPSA) is 18.5 Å². The molecular formula is C15H21O2. The zero-order valence-electron chi connectivity index (χ0n) is 11.0. The van der Waals surface area contributed by atoms with Crippen molar-refractivity contribution in [3.63, 3.8) is 0 Å². The Morgan fingerprint density at radius 3 is 2.76 bits per heavy atom. The van der Waals surface area contributed by atoms with Gasteiger partial charge in [0, 0.05) is 0 Å². The number of aryl methyl sites for hydroxylation is 1. The van der Waals surface area contributed by atoms with Gasteiger partial charge < -0.3 is 9.47 Å². The molecule has 2 rings (SSSR count). The molecule has 0 saturated heterocycles. The SMILES string of the molecule is CCC(C)(C)[CH]CCc1ccc2c(c1)OCO2. The van der Waals surface area contributed by atoms with Gasteiger partial charge in [-0.1, -0.05) is 33.3 Å². The summed E-state index contributed by atoms with van der Waals surface area (Å²) in [6.45, 7) is 7.16. The molecule has 1 radical (unpaired) electrons. The van der Waals surface area contributed by atoms with Crippen molar-refractivity contribution in [1.82, 2.24) is 0 Å². The van der Waals surface area contributed by atoms with Gasteiger partial charge in [-0.3, -0.25) is 0 Å². The summed E-state index contributed by atoms with van der Waals surface area (Å²) in [6, 6.07) is 6.22. The fourth-order valence-corrected chi connectivity index (χ4v) is 1.87. The molecule has 0 bridgehead atoms. The van der Waals surface area contributed by atoms with Gasteiger partial charge in [-0.15, -0.1) is 0 Å². The van der Waals surface area contributed by atoms with Gasteiger partial charge in [0.25, 0.3) is 0 Å². The summed E-state index contributed by atoms with van der Waals surface area (Å²) in [5.74, 6) is 1.75. The van der Waals surface area contributed by atoms with Crippen molar-refractivity contribution in [2.45, 2.75) is 40.0 Å². The van der Waals surface area contributed by atoms with E-state index in [0.29, 0.717) is 12.2 Å². The zero-order chi connectivity index (χ0) is 12.3. The van der Waals surface area contributed by atoms with E-state index in [4.69, 9.17) is 9.47 Å². The second kappa shape index (κ2) is 4.99. The molecule has 17 heavy (non-hydrogen) atoms. The number of hydrogen-bond donors (Lipinski definition) is 0. The Morgan fingerprint density at radius 2 is 2.00 bits per heavy atom. The molecule has 0 fully saturated rings. The molecule has 0 aliphatic carbocycles. The number of benzene rings is 1. The van der Waals surface area contributed by atoms with Crippen molar-refractivity contribution < 1.29 is 9.47 Å². The molecule has 2 heteroatoms. The first-order valence-electron chi connectivity index (χ1n) is 6.33. The van der Waals surface area contributed by atoms with Crippen LogP contribution < -0.4 is 9.47 Å². The Hall–Kier alpha value is -1.18. The van der Waals surface area contributed by atoms with Gasteiger partial charge >= 0.3 is 0 Å². The first kappa shape index (κ1) is 12.3. The Kier molecular flexibility index (Phi) is 3.60.